The number of thiophene rings is 1. The molecule has 0 saturated heterocycles. The highest BCUT2D eigenvalue weighted by Gasteiger charge is 2.50. The van der Waals surface area contributed by atoms with E-state index in [0.717, 1.165) is 28.5 Å². The number of rotatable bonds is 2. The summed E-state index contributed by atoms with van der Waals surface area (Å²) < 4.78 is 0. The normalized spacial score (nSPS) is 38.1. The lowest BCUT2D eigenvalue weighted by molar-refractivity contribution is -0.0489. The summed E-state index contributed by atoms with van der Waals surface area (Å²) >= 11 is 1.47. The van der Waals surface area contributed by atoms with Crippen molar-refractivity contribution in [3.63, 3.8) is 0 Å². The molecule has 20 heavy (non-hydrogen) atoms. The van der Waals surface area contributed by atoms with Gasteiger partial charge in [0.15, 0.2) is 0 Å². The van der Waals surface area contributed by atoms with Crippen LogP contribution in [-0.2, 0) is 0 Å². The van der Waals surface area contributed by atoms with Crippen molar-refractivity contribution >= 4 is 22.9 Å². The van der Waals surface area contributed by atoms with Crippen molar-refractivity contribution in [1.29, 1.82) is 0 Å². The zero-order valence-electron chi connectivity index (χ0n) is 11.9. The van der Waals surface area contributed by atoms with Gasteiger partial charge in [0.25, 0.3) is 5.91 Å². The van der Waals surface area contributed by atoms with Gasteiger partial charge in [0.2, 0.25) is 0 Å². The molecule has 0 atom stereocenters. The van der Waals surface area contributed by atoms with Crippen LogP contribution in [0, 0.1) is 23.7 Å². The summed E-state index contributed by atoms with van der Waals surface area (Å²) in [5.74, 6) is 3.51. The summed E-state index contributed by atoms with van der Waals surface area (Å²) in [5, 5.41) is 1.91. The molecule has 0 radical (unpaired) electrons. The van der Waals surface area contributed by atoms with Crippen molar-refractivity contribution in [3.8, 4) is 0 Å². The van der Waals surface area contributed by atoms with Crippen LogP contribution in [0.15, 0.2) is 11.4 Å². The molecule has 0 aliphatic heterocycles. The lowest BCUT2D eigenvalue weighted by Gasteiger charge is -2.56. The highest BCUT2D eigenvalue weighted by atomic mass is 32.1. The zero-order valence-corrected chi connectivity index (χ0v) is 12.7. The summed E-state index contributed by atoms with van der Waals surface area (Å²) in [6, 6.07) is 2.29. The number of nitrogens with zero attached hydrogens (tertiary/aromatic N) is 1. The third-order valence-electron chi connectivity index (χ3n) is 5.83. The Balaban J connectivity index is 1.58. The molecule has 4 aliphatic rings. The lowest BCUT2D eigenvalue weighted by Crippen LogP contribution is -2.56. The number of nitrogen functional groups attached to an aromatic ring is 1. The molecular weight excluding hydrogens is 268 g/mol. The smallest absolute Gasteiger partial charge is 0.266 e. The Morgan fingerprint density at radius 1 is 1.20 bits per heavy atom. The number of anilines is 1. The average molecular weight is 290 g/mol. The van der Waals surface area contributed by atoms with E-state index < -0.39 is 0 Å². The lowest BCUT2D eigenvalue weighted by atomic mass is 9.54. The topological polar surface area (TPSA) is 46.3 Å². The monoisotopic (exact) mass is 290 g/mol. The van der Waals surface area contributed by atoms with E-state index >= 15 is 0 Å². The van der Waals surface area contributed by atoms with Crippen molar-refractivity contribution in [2.75, 3.05) is 12.8 Å². The summed E-state index contributed by atoms with van der Waals surface area (Å²) in [6.07, 6.45) is 6.82. The number of nitrogens with two attached hydrogens (primary N) is 1. The SMILES string of the molecule is CN(C(=O)c1sccc1N)C1C2CC3CC(C2)CC1C3. The molecule has 5 rings (SSSR count). The number of amides is 1. The molecule has 2 N–H and O–H groups in total. The third-order valence-corrected chi connectivity index (χ3v) is 6.75. The van der Waals surface area contributed by atoms with Crippen molar-refractivity contribution in [3.05, 3.63) is 16.3 Å². The molecular formula is C16H22N2OS. The van der Waals surface area contributed by atoms with E-state index in [1.807, 2.05) is 23.4 Å². The molecule has 4 aliphatic carbocycles. The standard InChI is InChI=1S/C16H22N2OS/c1-18(16(19)15-13(17)2-3-20-15)14-11-5-9-4-10(7-11)8-12(14)6-9/h2-3,9-12,14H,4-8,17H2,1H3. The predicted molar refractivity (Wildman–Crippen MR) is 81.7 cm³/mol. The highest BCUT2D eigenvalue weighted by Crippen LogP contribution is 2.55. The van der Waals surface area contributed by atoms with Crippen LogP contribution >= 0.6 is 11.3 Å². The molecule has 4 heteroatoms. The number of carbonyl (C=O) groups excluding carboxylic acids is 1. The molecule has 4 fully saturated rings. The van der Waals surface area contributed by atoms with Crippen molar-refractivity contribution in [2.45, 2.75) is 38.1 Å². The molecule has 108 valence electrons. The first-order chi connectivity index (χ1) is 9.63. The fourth-order valence-electron chi connectivity index (χ4n) is 5.32. The van der Waals surface area contributed by atoms with Crippen molar-refractivity contribution in [1.82, 2.24) is 4.90 Å². The highest BCUT2D eigenvalue weighted by molar-refractivity contribution is 7.12. The van der Waals surface area contributed by atoms with Gasteiger partial charge in [0, 0.05) is 13.1 Å². The fourth-order valence-corrected chi connectivity index (χ4v) is 6.12. The van der Waals surface area contributed by atoms with E-state index in [-0.39, 0.29) is 5.91 Å². The quantitative estimate of drug-likeness (QED) is 0.909. The third kappa shape index (κ3) is 1.80. The molecule has 0 aromatic carbocycles. The van der Waals surface area contributed by atoms with Gasteiger partial charge in [-0.25, -0.2) is 0 Å². The van der Waals surface area contributed by atoms with Crippen LogP contribution in [0.3, 0.4) is 0 Å². The second-order valence-corrected chi connectivity index (χ2v) is 7.96. The van der Waals surface area contributed by atoms with Gasteiger partial charge in [-0.05, 0) is 67.2 Å². The minimum Gasteiger partial charge on any atom is -0.397 e. The van der Waals surface area contributed by atoms with Crippen LogP contribution in [0.4, 0.5) is 5.69 Å². The molecule has 4 saturated carbocycles. The largest absolute Gasteiger partial charge is 0.397 e. The maximum atomic E-state index is 12.7. The Labute approximate surface area is 124 Å². The van der Waals surface area contributed by atoms with Gasteiger partial charge in [-0.2, -0.15) is 0 Å². The predicted octanol–water partition coefficient (Wildman–Crippen LogP) is 3.23. The molecule has 1 aromatic heterocycles. The van der Waals surface area contributed by atoms with E-state index in [2.05, 4.69) is 0 Å². The number of hydrogen-bond donors (Lipinski definition) is 1. The minimum absolute atomic E-state index is 0.134. The summed E-state index contributed by atoms with van der Waals surface area (Å²) in [5.41, 5.74) is 6.55. The Kier molecular flexibility index (Phi) is 2.85. The number of hydrogen-bond acceptors (Lipinski definition) is 3. The van der Waals surface area contributed by atoms with Gasteiger partial charge in [-0.1, -0.05) is 0 Å². The first kappa shape index (κ1) is 12.7. The van der Waals surface area contributed by atoms with Crippen LogP contribution in [0.1, 0.15) is 41.8 Å². The van der Waals surface area contributed by atoms with Crippen molar-refractivity contribution in [2.24, 2.45) is 23.7 Å². The van der Waals surface area contributed by atoms with Gasteiger partial charge >= 0.3 is 0 Å². The average Bonchev–Trinajstić information content (AvgIpc) is 2.82. The molecule has 1 amide bonds. The summed E-state index contributed by atoms with van der Waals surface area (Å²) in [6.45, 7) is 0. The second kappa shape index (κ2) is 4.48. The van der Waals surface area contributed by atoms with E-state index in [9.17, 15) is 4.79 Å². The Morgan fingerprint density at radius 2 is 1.80 bits per heavy atom. The number of carbonyl (C=O) groups is 1. The molecule has 3 nitrogen and oxygen atoms in total. The van der Waals surface area contributed by atoms with Gasteiger partial charge in [0.1, 0.15) is 4.88 Å². The molecule has 4 bridgehead atoms. The van der Waals surface area contributed by atoms with Crippen molar-refractivity contribution < 1.29 is 4.79 Å². The molecule has 1 aromatic rings. The Bertz CT molecular complexity index is 510. The molecule has 0 unspecified atom stereocenters. The molecule has 1 heterocycles. The van der Waals surface area contributed by atoms with Gasteiger partial charge in [-0.15, -0.1) is 11.3 Å². The van der Waals surface area contributed by atoms with E-state index in [4.69, 9.17) is 5.73 Å². The van der Waals surface area contributed by atoms with Crippen LogP contribution < -0.4 is 5.73 Å². The first-order valence-electron chi connectivity index (χ1n) is 7.73. The Morgan fingerprint density at radius 3 is 2.30 bits per heavy atom. The molecule has 0 spiro atoms. The fraction of sp³-hybridized carbons (Fsp3) is 0.688. The van der Waals surface area contributed by atoms with Crippen LogP contribution in [0.2, 0.25) is 0 Å². The Hall–Kier alpha value is -1.03. The van der Waals surface area contributed by atoms with E-state index in [1.54, 1.807) is 0 Å². The van der Waals surface area contributed by atoms with Crippen LogP contribution in [0.25, 0.3) is 0 Å². The van der Waals surface area contributed by atoms with E-state index in [0.29, 0.717) is 11.7 Å². The second-order valence-electron chi connectivity index (χ2n) is 7.04. The van der Waals surface area contributed by atoms with Gasteiger partial charge < -0.3 is 10.6 Å². The van der Waals surface area contributed by atoms with Crippen LogP contribution in [0.5, 0.6) is 0 Å². The summed E-state index contributed by atoms with van der Waals surface area (Å²) in [7, 11) is 1.99. The first-order valence-corrected chi connectivity index (χ1v) is 8.61. The van der Waals surface area contributed by atoms with Gasteiger partial charge in [0.05, 0.1) is 5.69 Å². The maximum absolute atomic E-state index is 12.7. The zero-order chi connectivity index (χ0) is 13.9. The van der Waals surface area contributed by atoms with Crippen LogP contribution in [-0.4, -0.2) is 23.9 Å². The minimum atomic E-state index is 0.134. The summed E-state index contributed by atoms with van der Waals surface area (Å²) in [4.78, 5) is 15.5. The van der Waals surface area contributed by atoms with E-state index in [1.165, 1.54) is 43.4 Å². The van der Waals surface area contributed by atoms with Gasteiger partial charge in [-0.3, -0.25) is 4.79 Å². The maximum Gasteiger partial charge on any atom is 0.266 e.